The molecule has 2 aromatic rings. The van der Waals surface area contributed by atoms with Crippen molar-refractivity contribution in [1.29, 1.82) is 0 Å². The molecule has 1 aliphatic rings. The molecular weight excluding hydrogens is 252 g/mol. The molecule has 7 heteroatoms. The van der Waals surface area contributed by atoms with Gasteiger partial charge in [0.25, 0.3) is 0 Å². The molecule has 18 heavy (non-hydrogen) atoms. The van der Waals surface area contributed by atoms with Gasteiger partial charge in [-0.15, -0.1) is 0 Å². The number of rotatable bonds is 4. The average Bonchev–Trinajstić information content (AvgIpc) is 3.08. The maximum atomic E-state index is 6.12. The molecule has 2 heterocycles. The zero-order valence-electron chi connectivity index (χ0n) is 9.94. The standard InChI is InChI=1S/C11H13ClN6/c1-6-9(12)16-11(7-2-3-7)17-10(6)13-4-8-14-5-15-18-8/h5,7H,2-4H2,1H3,(H,13,16,17)(H,14,15,18). The Kier molecular flexibility index (Phi) is 2.87. The first kappa shape index (κ1) is 11.4. The van der Waals surface area contributed by atoms with E-state index in [-0.39, 0.29) is 0 Å². The van der Waals surface area contributed by atoms with Crippen LogP contribution < -0.4 is 5.32 Å². The van der Waals surface area contributed by atoms with E-state index in [0.29, 0.717) is 17.6 Å². The molecule has 2 aromatic heterocycles. The quantitative estimate of drug-likeness (QED) is 0.826. The van der Waals surface area contributed by atoms with Gasteiger partial charge in [0.05, 0.1) is 6.54 Å². The van der Waals surface area contributed by atoms with Crippen molar-refractivity contribution in [3.8, 4) is 0 Å². The van der Waals surface area contributed by atoms with E-state index in [4.69, 9.17) is 11.6 Å². The Bertz CT molecular complexity index is 549. The second-order valence-corrected chi connectivity index (χ2v) is 4.76. The molecule has 1 aliphatic carbocycles. The van der Waals surface area contributed by atoms with E-state index in [9.17, 15) is 0 Å². The van der Waals surface area contributed by atoms with Gasteiger partial charge in [-0.05, 0) is 19.8 Å². The van der Waals surface area contributed by atoms with Gasteiger partial charge in [-0.1, -0.05) is 11.6 Å². The minimum Gasteiger partial charge on any atom is -0.362 e. The van der Waals surface area contributed by atoms with E-state index in [0.717, 1.165) is 35.9 Å². The Balaban J connectivity index is 1.81. The van der Waals surface area contributed by atoms with Crippen LogP contribution in [-0.4, -0.2) is 25.1 Å². The lowest BCUT2D eigenvalue weighted by Crippen LogP contribution is -2.08. The van der Waals surface area contributed by atoms with Gasteiger partial charge in [0, 0.05) is 11.5 Å². The van der Waals surface area contributed by atoms with Crippen LogP contribution in [0.2, 0.25) is 5.15 Å². The first-order valence-electron chi connectivity index (χ1n) is 5.86. The number of aromatic amines is 1. The topological polar surface area (TPSA) is 79.4 Å². The Morgan fingerprint density at radius 2 is 2.28 bits per heavy atom. The number of aromatic nitrogens is 5. The summed E-state index contributed by atoms with van der Waals surface area (Å²) in [5, 5.41) is 10.3. The van der Waals surface area contributed by atoms with Crippen LogP contribution in [0.3, 0.4) is 0 Å². The summed E-state index contributed by atoms with van der Waals surface area (Å²) in [6.45, 7) is 2.44. The zero-order valence-corrected chi connectivity index (χ0v) is 10.7. The fraction of sp³-hybridized carbons (Fsp3) is 0.455. The van der Waals surface area contributed by atoms with Gasteiger partial charge in [0.1, 0.15) is 28.9 Å². The van der Waals surface area contributed by atoms with Crippen molar-refractivity contribution in [3.63, 3.8) is 0 Å². The summed E-state index contributed by atoms with van der Waals surface area (Å²) in [5.41, 5.74) is 0.862. The number of hydrogen-bond acceptors (Lipinski definition) is 5. The summed E-state index contributed by atoms with van der Waals surface area (Å²) in [5.74, 6) is 2.85. The van der Waals surface area contributed by atoms with Crippen LogP contribution >= 0.6 is 11.6 Å². The maximum Gasteiger partial charge on any atom is 0.143 e. The van der Waals surface area contributed by atoms with Crippen molar-refractivity contribution in [1.82, 2.24) is 25.1 Å². The highest BCUT2D eigenvalue weighted by Gasteiger charge is 2.27. The molecule has 0 radical (unpaired) electrons. The lowest BCUT2D eigenvalue weighted by molar-refractivity contribution is 0.896. The minimum absolute atomic E-state index is 0.480. The molecule has 0 saturated heterocycles. The van der Waals surface area contributed by atoms with E-state index < -0.39 is 0 Å². The third kappa shape index (κ3) is 2.28. The molecule has 3 rings (SSSR count). The third-order valence-corrected chi connectivity index (χ3v) is 3.30. The van der Waals surface area contributed by atoms with E-state index >= 15 is 0 Å². The van der Waals surface area contributed by atoms with Crippen molar-refractivity contribution in [2.24, 2.45) is 0 Å². The van der Waals surface area contributed by atoms with Gasteiger partial charge in [-0.25, -0.2) is 15.0 Å². The summed E-state index contributed by atoms with van der Waals surface area (Å²) in [7, 11) is 0. The highest BCUT2D eigenvalue weighted by atomic mass is 35.5. The first-order chi connectivity index (χ1) is 8.74. The fourth-order valence-electron chi connectivity index (χ4n) is 1.69. The van der Waals surface area contributed by atoms with Crippen molar-refractivity contribution in [2.75, 3.05) is 5.32 Å². The van der Waals surface area contributed by atoms with Crippen LogP contribution in [-0.2, 0) is 6.54 Å². The molecule has 6 nitrogen and oxygen atoms in total. The number of nitrogens with one attached hydrogen (secondary N) is 2. The average molecular weight is 265 g/mol. The summed E-state index contributed by atoms with van der Waals surface area (Å²) < 4.78 is 0. The second kappa shape index (κ2) is 4.53. The van der Waals surface area contributed by atoms with Crippen molar-refractivity contribution in [2.45, 2.75) is 32.2 Å². The van der Waals surface area contributed by atoms with Gasteiger partial charge < -0.3 is 5.32 Å². The Hall–Kier alpha value is -1.69. The van der Waals surface area contributed by atoms with E-state index in [1.807, 2.05) is 6.92 Å². The molecule has 0 atom stereocenters. The van der Waals surface area contributed by atoms with Gasteiger partial charge >= 0.3 is 0 Å². The monoisotopic (exact) mass is 264 g/mol. The molecule has 0 aliphatic heterocycles. The number of halogens is 1. The molecular formula is C11H13ClN6. The number of H-pyrrole nitrogens is 1. The lowest BCUT2D eigenvalue weighted by Gasteiger charge is -2.10. The van der Waals surface area contributed by atoms with Crippen LogP contribution in [0.4, 0.5) is 5.82 Å². The van der Waals surface area contributed by atoms with Gasteiger partial charge in [0.2, 0.25) is 0 Å². The molecule has 0 aromatic carbocycles. The lowest BCUT2D eigenvalue weighted by atomic mass is 10.3. The molecule has 2 N–H and O–H groups in total. The predicted molar refractivity (Wildman–Crippen MR) is 67.5 cm³/mol. The SMILES string of the molecule is Cc1c(Cl)nc(C2CC2)nc1NCc1ncn[nH]1. The number of hydrogen-bond donors (Lipinski definition) is 2. The van der Waals surface area contributed by atoms with E-state index in [1.54, 1.807) is 0 Å². The van der Waals surface area contributed by atoms with Crippen molar-refractivity contribution >= 4 is 17.4 Å². The minimum atomic E-state index is 0.480. The summed E-state index contributed by atoms with van der Waals surface area (Å²) >= 11 is 6.12. The summed E-state index contributed by atoms with van der Waals surface area (Å²) in [4.78, 5) is 12.9. The van der Waals surface area contributed by atoms with Crippen LogP contribution in [0.25, 0.3) is 0 Å². The van der Waals surface area contributed by atoms with Gasteiger partial charge in [-0.3, -0.25) is 5.10 Å². The van der Waals surface area contributed by atoms with Crippen molar-refractivity contribution in [3.05, 3.63) is 28.7 Å². The normalized spacial score (nSPS) is 14.8. The van der Waals surface area contributed by atoms with Crippen molar-refractivity contribution < 1.29 is 0 Å². The highest BCUT2D eigenvalue weighted by Crippen LogP contribution is 2.39. The predicted octanol–water partition coefficient (Wildman–Crippen LogP) is 2.05. The number of anilines is 1. The maximum absolute atomic E-state index is 6.12. The van der Waals surface area contributed by atoms with Crippen LogP contribution in [0.1, 0.15) is 36.0 Å². The number of nitrogens with zero attached hydrogens (tertiary/aromatic N) is 4. The Labute approximate surface area is 109 Å². The van der Waals surface area contributed by atoms with Gasteiger partial charge in [-0.2, -0.15) is 5.10 Å². The molecule has 0 bridgehead atoms. The molecule has 0 spiro atoms. The van der Waals surface area contributed by atoms with Crippen LogP contribution in [0.15, 0.2) is 6.33 Å². The summed E-state index contributed by atoms with van der Waals surface area (Å²) in [6, 6.07) is 0. The Morgan fingerprint density at radius 1 is 1.44 bits per heavy atom. The molecule has 1 fully saturated rings. The van der Waals surface area contributed by atoms with Gasteiger partial charge in [0.15, 0.2) is 0 Å². The molecule has 94 valence electrons. The largest absolute Gasteiger partial charge is 0.362 e. The Morgan fingerprint density at radius 3 is 2.94 bits per heavy atom. The van der Waals surface area contributed by atoms with E-state index in [1.165, 1.54) is 6.33 Å². The molecule has 0 unspecified atom stereocenters. The first-order valence-corrected chi connectivity index (χ1v) is 6.24. The molecule has 0 amide bonds. The third-order valence-electron chi connectivity index (χ3n) is 2.93. The zero-order chi connectivity index (χ0) is 12.5. The smallest absolute Gasteiger partial charge is 0.143 e. The second-order valence-electron chi connectivity index (χ2n) is 4.41. The summed E-state index contributed by atoms with van der Waals surface area (Å²) in [6.07, 6.45) is 3.79. The molecule has 1 saturated carbocycles. The highest BCUT2D eigenvalue weighted by molar-refractivity contribution is 6.30. The van der Waals surface area contributed by atoms with E-state index in [2.05, 4.69) is 30.5 Å². The van der Waals surface area contributed by atoms with Crippen LogP contribution in [0, 0.1) is 6.92 Å². The van der Waals surface area contributed by atoms with Crippen LogP contribution in [0.5, 0.6) is 0 Å². The fourth-order valence-corrected chi connectivity index (χ4v) is 1.86.